The Labute approximate surface area is 132 Å². The van der Waals surface area contributed by atoms with Crippen LogP contribution in [0.25, 0.3) is 0 Å². The molecule has 1 spiro atoms. The van der Waals surface area contributed by atoms with Crippen molar-refractivity contribution >= 4 is 17.4 Å². The van der Waals surface area contributed by atoms with Gasteiger partial charge in [0, 0.05) is 10.6 Å². The topological polar surface area (TPSA) is 20.3 Å². The Morgan fingerprint density at radius 3 is 2.48 bits per heavy atom. The maximum atomic E-state index is 12.6. The first-order chi connectivity index (χ1) is 10.1. The number of hydrogen-bond acceptors (Lipinski definition) is 2. The summed E-state index contributed by atoms with van der Waals surface area (Å²) in [6, 6.07) is 7.28. The molecular formula is C18H24ClNO. The number of benzene rings is 1. The number of carbonyl (C=O) groups is 1. The summed E-state index contributed by atoms with van der Waals surface area (Å²) in [5.74, 6) is 0.194. The van der Waals surface area contributed by atoms with Gasteiger partial charge in [-0.2, -0.15) is 0 Å². The first kappa shape index (κ1) is 15.1. The van der Waals surface area contributed by atoms with Crippen molar-refractivity contribution in [1.29, 1.82) is 0 Å². The highest BCUT2D eigenvalue weighted by Crippen LogP contribution is 2.46. The fourth-order valence-corrected chi connectivity index (χ4v) is 4.25. The quantitative estimate of drug-likeness (QED) is 0.763. The van der Waals surface area contributed by atoms with Gasteiger partial charge >= 0.3 is 0 Å². The van der Waals surface area contributed by atoms with E-state index in [1.165, 1.54) is 38.5 Å². The first-order valence-corrected chi connectivity index (χ1v) is 8.51. The predicted molar refractivity (Wildman–Crippen MR) is 87.0 cm³/mol. The van der Waals surface area contributed by atoms with Gasteiger partial charge in [0.1, 0.15) is 0 Å². The molecule has 2 nitrogen and oxygen atoms in total. The van der Waals surface area contributed by atoms with Crippen LogP contribution >= 0.6 is 11.6 Å². The second-order valence-electron chi connectivity index (χ2n) is 6.79. The average Bonchev–Trinajstić information content (AvgIpc) is 2.95. The van der Waals surface area contributed by atoms with Gasteiger partial charge in [-0.05, 0) is 63.2 Å². The number of carbonyl (C=O) groups excluding carboxylic acids is 1. The number of halogens is 1. The van der Waals surface area contributed by atoms with Crippen molar-refractivity contribution in [1.82, 2.24) is 4.90 Å². The molecule has 1 aromatic rings. The van der Waals surface area contributed by atoms with Gasteiger partial charge in [-0.15, -0.1) is 0 Å². The van der Waals surface area contributed by atoms with Gasteiger partial charge in [0.2, 0.25) is 0 Å². The molecule has 3 heteroatoms. The molecule has 2 fully saturated rings. The zero-order chi connectivity index (χ0) is 14.9. The lowest BCUT2D eigenvalue weighted by Crippen LogP contribution is -2.46. The third kappa shape index (κ3) is 3.17. The molecule has 114 valence electrons. The molecule has 1 saturated carbocycles. The van der Waals surface area contributed by atoms with Crippen molar-refractivity contribution in [2.24, 2.45) is 5.41 Å². The van der Waals surface area contributed by atoms with Crippen LogP contribution < -0.4 is 0 Å². The lowest BCUT2D eigenvalue weighted by molar-refractivity contribution is 0.0621. The molecule has 1 aliphatic heterocycles. The highest BCUT2D eigenvalue weighted by molar-refractivity contribution is 6.31. The molecule has 1 atom stereocenters. The Bertz CT molecular complexity index is 512. The summed E-state index contributed by atoms with van der Waals surface area (Å²) in [4.78, 5) is 15.0. The third-order valence-electron chi connectivity index (χ3n) is 5.56. The van der Waals surface area contributed by atoms with Gasteiger partial charge in [-0.1, -0.05) is 36.6 Å². The maximum Gasteiger partial charge on any atom is 0.179 e. The van der Waals surface area contributed by atoms with Crippen molar-refractivity contribution in [2.45, 2.75) is 51.5 Å². The summed E-state index contributed by atoms with van der Waals surface area (Å²) in [6.45, 7) is 4.16. The van der Waals surface area contributed by atoms with E-state index in [0.717, 1.165) is 18.7 Å². The van der Waals surface area contributed by atoms with Gasteiger partial charge < -0.3 is 0 Å². The molecule has 2 aliphatic rings. The van der Waals surface area contributed by atoms with Gasteiger partial charge in [0.25, 0.3) is 0 Å². The van der Waals surface area contributed by atoms with Crippen molar-refractivity contribution < 1.29 is 4.79 Å². The summed E-state index contributed by atoms with van der Waals surface area (Å²) in [5, 5.41) is 0.636. The zero-order valence-electron chi connectivity index (χ0n) is 12.8. The summed E-state index contributed by atoms with van der Waals surface area (Å²) in [5.41, 5.74) is 1.34. The predicted octanol–water partition coefficient (Wildman–Crippen LogP) is 4.57. The first-order valence-electron chi connectivity index (χ1n) is 8.14. The van der Waals surface area contributed by atoms with E-state index in [1.807, 2.05) is 25.1 Å². The van der Waals surface area contributed by atoms with E-state index in [9.17, 15) is 4.79 Å². The Morgan fingerprint density at radius 1 is 1.19 bits per heavy atom. The molecule has 21 heavy (non-hydrogen) atoms. The Kier molecular flexibility index (Phi) is 4.37. The molecule has 0 bridgehead atoms. The highest BCUT2D eigenvalue weighted by Gasteiger charge is 2.38. The van der Waals surface area contributed by atoms with E-state index in [2.05, 4.69) is 4.90 Å². The Balaban J connectivity index is 1.63. The Morgan fingerprint density at radius 2 is 1.86 bits per heavy atom. The largest absolute Gasteiger partial charge is 0.293 e. The molecule has 1 heterocycles. The van der Waals surface area contributed by atoms with Crippen molar-refractivity contribution in [2.75, 3.05) is 13.1 Å². The van der Waals surface area contributed by atoms with Crippen LogP contribution in [0.1, 0.15) is 55.8 Å². The van der Waals surface area contributed by atoms with E-state index < -0.39 is 0 Å². The Hall–Kier alpha value is -0.860. The van der Waals surface area contributed by atoms with Gasteiger partial charge in [0.15, 0.2) is 5.78 Å². The standard InChI is InChI=1S/C18H24ClNO/c1-14(17(21)15-5-4-6-16(19)13-15)20-11-9-18(10-12-20)7-2-3-8-18/h4-6,13-14H,2-3,7-12H2,1H3. The monoisotopic (exact) mass is 305 g/mol. The smallest absolute Gasteiger partial charge is 0.179 e. The fourth-order valence-electron chi connectivity index (χ4n) is 4.06. The number of hydrogen-bond donors (Lipinski definition) is 0. The highest BCUT2D eigenvalue weighted by atomic mass is 35.5. The molecule has 3 rings (SSSR count). The molecule has 1 aliphatic carbocycles. The van der Waals surface area contributed by atoms with Crippen LogP contribution in [0.2, 0.25) is 5.02 Å². The zero-order valence-corrected chi connectivity index (χ0v) is 13.5. The molecule has 0 aromatic heterocycles. The molecule has 1 aromatic carbocycles. The summed E-state index contributed by atoms with van der Waals surface area (Å²) in [7, 11) is 0. The van der Waals surface area contributed by atoms with Crippen LogP contribution in [0.3, 0.4) is 0 Å². The number of piperidine rings is 1. The number of nitrogens with zero attached hydrogens (tertiary/aromatic N) is 1. The lowest BCUT2D eigenvalue weighted by atomic mass is 9.76. The van der Waals surface area contributed by atoms with Crippen LogP contribution in [0.15, 0.2) is 24.3 Å². The third-order valence-corrected chi connectivity index (χ3v) is 5.79. The minimum absolute atomic E-state index is 0.0396. The van der Waals surface area contributed by atoms with Crippen LogP contribution in [0.5, 0.6) is 0 Å². The number of Topliss-reactive ketones (excluding diaryl/α,β-unsaturated/α-hetero) is 1. The van der Waals surface area contributed by atoms with E-state index >= 15 is 0 Å². The SMILES string of the molecule is CC(C(=O)c1cccc(Cl)c1)N1CCC2(CCCC2)CC1. The molecule has 0 radical (unpaired) electrons. The number of ketones is 1. The summed E-state index contributed by atoms with van der Waals surface area (Å²) in [6.07, 6.45) is 8.13. The number of rotatable bonds is 3. The normalized spacial score (nSPS) is 23.3. The van der Waals surface area contributed by atoms with E-state index in [4.69, 9.17) is 11.6 Å². The molecule has 1 saturated heterocycles. The molecule has 1 unspecified atom stereocenters. The minimum atomic E-state index is -0.0396. The van der Waals surface area contributed by atoms with Crippen LogP contribution in [-0.4, -0.2) is 29.8 Å². The van der Waals surface area contributed by atoms with Gasteiger partial charge in [-0.3, -0.25) is 9.69 Å². The second-order valence-corrected chi connectivity index (χ2v) is 7.23. The van der Waals surface area contributed by atoms with Crippen LogP contribution in [0, 0.1) is 5.41 Å². The number of likely N-dealkylation sites (tertiary alicyclic amines) is 1. The maximum absolute atomic E-state index is 12.6. The van der Waals surface area contributed by atoms with Crippen molar-refractivity contribution in [3.63, 3.8) is 0 Å². The molecule has 0 amide bonds. The fraction of sp³-hybridized carbons (Fsp3) is 0.611. The second kappa shape index (κ2) is 6.10. The minimum Gasteiger partial charge on any atom is -0.293 e. The lowest BCUT2D eigenvalue weighted by Gasteiger charge is -2.41. The van der Waals surface area contributed by atoms with Crippen LogP contribution in [0.4, 0.5) is 0 Å². The molecular weight excluding hydrogens is 282 g/mol. The van der Waals surface area contributed by atoms with E-state index in [-0.39, 0.29) is 11.8 Å². The van der Waals surface area contributed by atoms with Gasteiger partial charge in [0.05, 0.1) is 6.04 Å². The van der Waals surface area contributed by atoms with E-state index in [1.54, 1.807) is 6.07 Å². The van der Waals surface area contributed by atoms with Crippen molar-refractivity contribution in [3.8, 4) is 0 Å². The van der Waals surface area contributed by atoms with E-state index in [0.29, 0.717) is 10.4 Å². The van der Waals surface area contributed by atoms with Crippen molar-refractivity contribution in [3.05, 3.63) is 34.9 Å². The van der Waals surface area contributed by atoms with Crippen LogP contribution in [-0.2, 0) is 0 Å². The summed E-state index contributed by atoms with van der Waals surface area (Å²) < 4.78 is 0. The average molecular weight is 306 g/mol. The summed E-state index contributed by atoms with van der Waals surface area (Å²) >= 11 is 6.00. The molecule has 0 N–H and O–H groups in total. The van der Waals surface area contributed by atoms with Gasteiger partial charge in [-0.25, -0.2) is 0 Å².